The fourth-order valence-corrected chi connectivity index (χ4v) is 1.18. The van der Waals surface area contributed by atoms with Crippen LogP contribution in [0.1, 0.15) is 38.2 Å². The maximum Gasteiger partial charge on any atom is 0.250 e. The highest BCUT2D eigenvalue weighted by Gasteiger charge is 2.12. The van der Waals surface area contributed by atoms with Crippen LogP contribution in [-0.2, 0) is 6.42 Å². The molecule has 0 saturated carbocycles. The lowest BCUT2D eigenvalue weighted by atomic mass is 10.1. The van der Waals surface area contributed by atoms with E-state index in [1.54, 1.807) is 6.20 Å². The largest absolute Gasteiger partial charge is 0.272 e. The fourth-order valence-electron chi connectivity index (χ4n) is 1.18. The average Bonchev–Trinajstić information content (AvgIpc) is 2.50. The second-order valence-corrected chi connectivity index (χ2v) is 4.25. The molecule has 0 amide bonds. The van der Waals surface area contributed by atoms with E-state index in [0.717, 1.165) is 12.1 Å². The molecular formula is C10H17N3O. The van der Waals surface area contributed by atoms with Gasteiger partial charge < -0.3 is 0 Å². The lowest BCUT2D eigenvalue weighted by Gasteiger charge is -2.01. The van der Waals surface area contributed by atoms with Crippen molar-refractivity contribution in [2.75, 3.05) is 0 Å². The molecule has 0 aliphatic carbocycles. The number of aromatic nitrogens is 3. The van der Waals surface area contributed by atoms with E-state index in [9.17, 15) is 4.79 Å². The summed E-state index contributed by atoms with van der Waals surface area (Å²) in [6, 6.07) is 0. The first kappa shape index (κ1) is 10.9. The lowest BCUT2D eigenvalue weighted by molar-refractivity contribution is 0.0836. The molecule has 1 aromatic heterocycles. The Bertz CT molecular complexity index is 315. The zero-order chi connectivity index (χ0) is 10.7. The smallest absolute Gasteiger partial charge is 0.250 e. The SMILES string of the molecule is CC(C)Cc1cn(C(=O)C(C)C)nn1. The molecule has 0 N–H and O–H groups in total. The third kappa shape index (κ3) is 2.65. The number of carbonyl (C=O) groups is 1. The highest BCUT2D eigenvalue weighted by atomic mass is 16.2. The molecule has 1 heterocycles. The van der Waals surface area contributed by atoms with E-state index in [4.69, 9.17) is 0 Å². The Morgan fingerprint density at radius 1 is 1.43 bits per heavy atom. The first-order chi connectivity index (χ1) is 6.50. The summed E-state index contributed by atoms with van der Waals surface area (Å²) in [4.78, 5) is 11.5. The Morgan fingerprint density at radius 3 is 2.57 bits per heavy atom. The summed E-state index contributed by atoms with van der Waals surface area (Å²) >= 11 is 0. The van der Waals surface area contributed by atoms with Crippen LogP contribution in [-0.4, -0.2) is 20.9 Å². The van der Waals surface area contributed by atoms with Gasteiger partial charge in [0.25, 0.3) is 5.91 Å². The number of hydrogen-bond acceptors (Lipinski definition) is 3. The Kier molecular flexibility index (Phi) is 3.38. The quantitative estimate of drug-likeness (QED) is 0.738. The molecule has 0 radical (unpaired) electrons. The maximum atomic E-state index is 11.5. The van der Waals surface area contributed by atoms with Crippen LogP contribution in [0.15, 0.2) is 6.20 Å². The lowest BCUT2D eigenvalue weighted by Crippen LogP contribution is -2.17. The van der Waals surface area contributed by atoms with Gasteiger partial charge in [0.2, 0.25) is 0 Å². The predicted molar refractivity (Wildman–Crippen MR) is 54.0 cm³/mol. The first-order valence-corrected chi connectivity index (χ1v) is 4.96. The Hall–Kier alpha value is -1.19. The van der Waals surface area contributed by atoms with Crippen molar-refractivity contribution in [3.63, 3.8) is 0 Å². The van der Waals surface area contributed by atoms with Gasteiger partial charge in [-0.15, -0.1) is 5.10 Å². The zero-order valence-electron chi connectivity index (χ0n) is 9.19. The zero-order valence-corrected chi connectivity index (χ0v) is 9.19. The fraction of sp³-hybridized carbons (Fsp3) is 0.700. The van der Waals surface area contributed by atoms with Crippen molar-refractivity contribution in [1.82, 2.24) is 15.0 Å². The number of hydrogen-bond donors (Lipinski definition) is 0. The van der Waals surface area contributed by atoms with E-state index < -0.39 is 0 Å². The van der Waals surface area contributed by atoms with Crippen molar-refractivity contribution >= 4 is 5.91 Å². The molecule has 0 atom stereocenters. The van der Waals surface area contributed by atoms with Crippen molar-refractivity contribution in [2.45, 2.75) is 34.1 Å². The summed E-state index contributed by atoms with van der Waals surface area (Å²) in [6.45, 7) is 7.94. The van der Waals surface area contributed by atoms with Gasteiger partial charge in [-0.05, 0) is 12.3 Å². The molecule has 0 fully saturated rings. The molecular weight excluding hydrogens is 178 g/mol. The van der Waals surface area contributed by atoms with Crippen LogP contribution >= 0.6 is 0 Å². The summed E-state index contributed by atoms with van der Waals surface area (Å²) in [6.07, 6.45) is 2.59. The molecule has 4 nitrogen and oxygen atoms in total. The minimum Gasteiger partial charge on any atom is -0.272 e. The summed E-state index contributed by atoms with van der Waals surface area (Å²) in [5.41, 5.74) is 0.883. The maximum absolute atomic E-state index is 11.5. The van der Waals surface area contributed by atoms with Crippen LogP contribution in [0.5, 0.6) is 0 Å². The van der Waals surface area contributed by atoms with E-state index in [2.05, 4.69) is 24.2 Å². The normalized spacial score (nSPS) is 11.3. The molecule has 0 spiro atoms. The van der Waals surface area contributed by atoms with Gasteiger partial charge in [-0.3, -0.25) is 4.79 Å². The van der Waals surface area contributed by atoms with Crippen molar-refractivity contribution in [3.05, 3.63) is 11.9 Å². The van der Waals surface area contributed by atoms with Gasteiger partial charge in [-0.1, -0.05) is 32.9 Å². The third-order valence-electron chi connectivity index (χ3n) is 1.88. The molecule has 0 aromatic carbocycles. The summed E-state index contributed by atoms with van der Waals surface area (Å²) < 4.78 is 1.34. The van der Waals surface area contributed by atoms with Gasteiger partial charge in [-0.2, -0.15) is 4.68 Å². The third-order valence-corrected chi connectivity index (χ3v) is 1.88. The Balaban J connectivity index is 2.73. The van der Waals surface area contributed by atoms with Gasteiger partial charge in [-0.25, -0.2) is 0 Å². The van der Waals surface area contributed by atoms with Crippen molar-refractivity contribution in [3.8, 4) is 0 Å². The molecule has 1 aromatic rings. The molecule has 78 valence electrons. The molecule has 1 rings (SSSR count). The van der Waals surface area contributed by atoms with E-state index in [1.165, 1.54) is 4.68 Å². The summed E-state index contributed by atoms with van der Waals surface area (Å²) in [7, 11) is 0. The van der Waals surface area contributed by atoms with Crippen molar-refractivity contribution in [1.29, 1.82) is 0 Å². The first-order valence-electron chi connectivity index (χ1n) is 4.96. The summed E-state index contributed by atoms with van der Waals surface area (Å²) in [5, 5.41) is 7.76. The monoisotopic (exact) mass is 195 g/mol. The topological polar surface area (TPSA) is 47.8 Å². The Morgan fingerprint density at radius 2 is 2.07 bits per heavy atom. The molecule has 0 saturated heterocycles. The van der Waals surface area contributed by atoms with E-state index >= 15 is 0 Å². The molecule has 14 heavy (non-hydrogen) atoms. The highest BCUT2D eigenvalue weighted by molar-refractivity contribution is 5.79. The van der Waals surface area contributed by atoms with Gasteiger partial charge in [0.15, 0.2) is 0 Å². The van der Waals surface area contributed by atoms with Crippen LogP contribution in [0, 0.1) is 11.8 Å². The number of rotatable bonds is 3. The second kappa shape index (κ2) is 4.35. The van der Waals surface area contributed by atoms with Gasteiger partial charge in [0, 0.05) is 5.92 Å². The highest BCUT2D eigenvalue weighted by Crippen LogP contribution is 2.05. The van der Waals surface area contributed by atoms with Gasteiger partial charge in [0.1, 0.15) is 0 Å². The molecule has 0 unspecified atom stereocenters. The van der Waals surface area contributed by atoms with Crippen LogP contribution in [0.4, 0.5) is 0 Å². The van der Waals surface area contributed by atoms with Gasteiger partial charge in [0.05, 0.1) is 11.9 Å². The predicted octanol–water partition coefficient (Wildman–Crippen LogP) is 1.77. The Labute approximate surface area is 84.3 Å². The number of nitrogens with zero attached hydrogens (tertiary/aromatic N) is 3. The van der Waals surface area contributed by atoms with Crippen molar-refractivity contribution in [2.24, 2.45) is 11.8 Å². The molecule has 0 bridgehead atoms. The van der Waals surface area contributed by atoms with E-state index in [-0.39, 0.29) is 11.8 Å². The standard InChI is InChI=1S/C10H17N3O/c1-7(2)5-9-6-13(12-11-9)10(14)8(3)4/h6-8H,5H2,1-4H3. The van der Waals surface area contributed by atoms with Gasteiger partial charge >= 0.3 is 0 Å². The molecule has 4 heteroatoms. The van der Waals surface area contributed by atoms with E-state index in [0.29, 0.717) is 5.92 Å². The van der Waals surface area contributed by atoms with Crippen molar-refractivity contribution < 1.29 is 4.79 Å². The average molecular weight is 195 g/mol. The minimum atomic E-state index is -0.0383. The van der Waals surface area contributed by atoms with Crippen LogP contribution in [0.25, 0.3) is 0 Å². The molecule has 0 aliphatic heterocycles. The number of carbonyl (C=O) groups excluding carboxylic acids is 1. The van der Waals surface area contributed by atoms with E-state index in [1.807, 2.05) is 13.8 Å². The molecule has 0 aliphatic rings. The minimum absolute atomic E-state index is 0.00694. The van der Waals surface area contributed by atoms with Crippen LogP contribution in [0.2, 0.25) is 0 Å². The second-order valence-electron chi connectivity index (χ2n) is 4.25. The van der Waals surface area contributed by atoms with Crippen LogP contribution < -0.4 is 0 Å². The summed E-state index contributed by atoms with van der Waals surface area (Å²) in [5.74, 6) is 0.491. The van der Waals surface area contributed by atoms with Crippen LogP contribution in [0.3, 0.4) is 0 Å².